The van der Waals surface area contributed by atoms with Crippen LogP contribution in [0.15, 0.2) is 12.4 Å². The highest BCUT2D eigenvalue weighted by atomic mass is 15.2. The van der Waals surface area contributed by atoms with E-state index in [0.717, 1.165) is 37.4 Å². The Morgan fingerprint density at radius 2 is 1.60 bits per heavy atom. The van der Waals surface area contributed by atoms with Gasteiger partial charge in [-0.15, -0.1) is 0 Å². The number of rotatable bonds is 10. The Morgan fingerprint density at radius 3 is 2.05 bits per heavy atom. The Hall–Kier alpha value is -1.16. The third-order valence-corrected chi connectivity index (χ3v) is 3.56. The van der Waals surface area contributed by atoms with Crippen LogP contribution in [0.1, 0.15) is 58.4 Å². The fourth-order valence-corrected chi connectivity index (χ4v) is 2.07. The predicted octanol–water partition coefficient (Wildman–Crippen LogP) is 3.16. The smallest absolute Gasteiger partial charge is 0.225 e. The SMILES string of the molecule is CCCCN(CCCC)c1ncc(CC(N)CC)cn1. The fourth-order valence-electron chi connectivity index (χ4n) is 2.07. The second-order valence-corrected chi connectivity index (χ2v) is 5.46. The van der Waals surface area contributed by atoms with Gasteiger partial charge in [0.1, 0.15) is 0 Å². The molecule has 1 unspecified atom stereocenters. The molecule has 0 saturated carbocycles. The van der Waals surface area contributed by atoms with Crippen molar-refractivity contribution in [3.63, 3.8) is 0 Å². The summed E-state index contributed by atoms with van der Waals surface area (Å²) in [6, 6.07) is 0.209. The lowest BCUT2D eigenvalue weighted by atomic mass is 10.1. The molecule has 1 atom stereocenters. The lowest BCUT2D eigenvalue weighted by Crippen LogP contribution is -2.28. The Labute approximate surface area is 123 Å². The molecule has 114 valence electrons. The van der Waals surface area contributed by atoms with E-state index in [2.05, 4.69) is 35.6 Å². The zero-order chi connectivity index (χ0) is 14.8. The molecule has 1 heterocycles. The van der Waals surface area contributed by atoms with Crippen molar-refractivity contribution < 1.29 is 0 Å². The van der Waals surface area contributed by atoms with Crippen LogP contribution in [0.5, 0.6) is 0 Å². The van der Waals surface area contributed by atoms with Gasteiger partial charge in [0, 0.05) is 31.5 Å². The summed E-state index contributed by atoms with van der Waals surface area (Å²) in [6.45, 7) is 8.63. The Kier molecular flexibility index (Phi) is 8.19. The average molecular weight is 278 g/mol. The Morgan fingerprint density at radius 1 is 1.05 bits per heavy atom. The zero-order valence-electron chi connectivity index (χ0n) is 13.3. The van der Waals surface area contributed by atoms with Crippen molar-refractivity contribution in [3.05, 3.63) is 18.0 Å². The van der Waals surface area contributed by atoms with Gasteiger partial charge in [-0.1, -0.05) is 33.6 Å². The first-order chi connectivity index (χ1) is 9.71. The van der Waals surface area contributed by atoms with Crippen molar-refractivity contribution in [2.24, 2.45) is 5.73 Å². The van der Waals surface area contributed by atoms with Crippen LogP contribution in [-0.2, 0) is 6.42 Å². The summed E-state index contributed by atoms with van der Waals surface area (Å²) in [7, 11) is 0. The number of aromatic nitrogens is 2. The van der Waals surface area contributed by atoms with Crippen LogP contribution in [0.4, 0.5) is 5.95 Å². The van der Waals surface area contributed by atoms with Crippen LogP contribution in [0.3, 0.4) is 0 Å². The second-order valence-electron chi connectivity index (χ2n) is 5.46. The molecule has 0 saturated heterocycles. The first kappa shape index (κ1) is 16.9. The highest BCUT2D eigenvalue weighted by Gasteiger charge is 2.09. The van der Waals surface area contributed by atoms with Crippen LogP contribution < -0.4 is 10.6 Å². The number of nitrogens with zero attached hydrogens (tertiary/aromatic N) is 3. The van der Waals surface area contributed by atoms with Crippen LogP contribution in [0.2, 0.25) is 0 Å². The van der Waals surface area contributed by atoms with E-state index in [4.69, 9.17) is 5.73 Å². The molecule has 1 rings (SSSR count). The van der Waals surface area contributed by atoms with Crippen LogP contribution >= 0.6 is 0 Å². The van der Waals surface area contributed by atoms with Crippen molar-refractivity contribution >= 4 is 5.95 Å². The highest BCUT2D eigenvalue weighted by molar-refractivity contribution is 5.29. The minimum absolute atomic E-state index is 0.209. The predicted molar refractivity (Wildman–Crippen MR) is 86.0 cm³/mol. The minimum atomic E-state index is 0.209. The number of unbranched alkanes of at least 4 members (excludes halogenated alkanes) is 2. The normalized spacial score (nSPS) is 12.4. The molecular formula is C16H30N4. The van der Waals surface area contributed by atoms with Gasteiger partial charge < -0.3 is 10.6 Å². The molecule has 0 radical (unpaired) electrons. The summed E-state index contributed by atoms with van der Waals surface area (Å²) in [4.78, 5) is 11.4. The monoisotopic (exact) mass is 278 g/mol. The second kappa shape index (κ2) is 9.70. The lowest BCUT2D eigenvalue weighted by molar-refractivity contribution is 0.639. The maximum Gasteiger partial charge on any atom is 0.225 e. The van der Waals surface area contributed by atoms with E-state index >= 15 is 0 Å². The number of nitrogens with two attached hydrogens (primary N) is 1. The van der Waals surface area contributed by atoms with E-state index in [-0.39, 0.29) is 6.04 Å². The first-order valence-electron chi connectivity index (χ1n) is 8.02. The highest BCUT2D eigenvalue weighted by Crippen LogP contribution is 2.11. The van der Waals surface area contributed by atoms with Gasteiger partial charge >= 0.3 is 0 Å². The zero-order valence-corrected chi connectivity index (χ0v) is 13.3. The summed E-state index contributed by atoms with van der Waals surface area (Å²) in [5.41, 5.74) is 7.10. The van der Waals surface area contributed by atoms with Gasteiger partial charge in [-0.05, 0) is 31.2 Å². The van der Waals surface area contributed by atoms with Gasteiger partial charge in [-0.25, -0.2) is 9.97 Å². The van der Waals surface area contributed by atoms with Gasteiger partial charge in [-0.2, -0.15) is 0 Å². The molecule has 2 N–H and O–H groups in total. The topological polar surface area (TPSA) is 55.0 Å². The van der Waals surface area contributed by atoms with Crippen molar-refractivity contribution in [2.45, 2.75) is 65.3 Å². The van der Waals surface area contributed by atoms with Gasteiger partial charge in [-0.3, -0.25) is 0 Å². The lowest BCUT2D eigenvalue weighted by Gasteiger charge is -2.22. The molecule has 0 aliphatic carbocycles. The molecule has 0 fully saturated rings. The maximum atomic E-state index is 5.97. The fraction of sp³-hybridized carbons (Fsp3) is 0.750. The Balaban J connectivity index is 2.65. The standard InChI is InChI=1S/C16H30N4/c1-4-7-9-20(10-8-5-2)16-18-12-14(13-19-16)11-15(17)6-3/h12-13,15H,4-11,17H2,1-3H3. The number of hydrogen-bond acceptors (Lipinski definition) is 4. The number of anilines is 1. The molecular weight excluding hydrogens is 248 g/mol. The summed E-state index contributed by atoms with van der Waals surface area (Å²) >= 11 is 0. The van der Waals surface area contributed by atoms with Crippen molar-refractivity contribution in [3.8, 4) is 0 Å². The van der Waals surface area contributed by atoms with E-state index in [1.165, 1.54) is 25.7 Å². The maximum absolute atomic E-state index is 5.97. The summed E-state index contributed by atoms with van der Waals surface area (Å²) in [5, 5.41) is 0. The van der Waals surface area contributed by atoms with Gasteiger partial charge in [0.25, 0.3) is 0 Å². The molecule has 0 aliphatic rings. The molecule has 0 aliphatic heterocycles. The van der Waals surface area contributed by atoms with Gasteiger partial charge in [0.2, 0.25) is 5.95 Å². The molecule has 0 amide bonds. The minimum Gasteiger partial charge on any atom is -0.341 e. The van der Waals surface area contributed by atoms with Gasteiger partial charge in [0.15, 0.2) is 0 Å². The summed E-state index contributed by atoms with van der Waals surface area (Å²) in [5.74, 6) is 0.862. The van der Waals surface area contributed by atoms with Crippen LogP contribution in [-0.4, -0.2) is 29.1 Å². The third kappa shape index (κ3) is 5.87. The average Bonchev–Trinajstić information content (AvgIpc) is 2.48. The molecule has 1 aromatic rings. The van der Waals surface area contributed by atoms with Crippen LogP contribution in [0.25, 0.3) is 0 Å². The molecule has 0 aromatic carbocycles. The first-order valence-corrected chi connectivity index (χ1v) is 8.02. The third-order valence-electron chi connectivity index (χ3n) is 3.56. The summed E-state index contributed by atoms with van der Waals surface area (Å²) < 4.78 is 0. The van der Waals surface area contributed by atoms with Crippen molar-refractivity contribution in [1.82, 2.24) is 9.97 Å². The molecule has 4 nitrogen and oxygen atoms in total. The molecule has 1 aromatic heterocycles. The van der Waals surface area contributed by atoms with Gasteiger partial charge in [0.05, 0.1) is 0 Å². The van der Waals surface area contributed by atoms with E-state index in [0.29, 0.717) is 0 Å². The van der Waals surface area contributed by atoms with E-state index in [9.17, 15) is 0 Å². The molecule has 4 heteroatoms. The summed E-state index contributed by atoms with van der Waals surface area (Å²) in [6.07, 6.45) is 10.5. The van der Waals surface area contributed by atoms with Crippen LogP contribution in [0, 0.1) is 0 Å². The van der Waals surface area contributed by atoms with E-state index in [1.807, 2.05) is 12.4 Å². The quantitative estimate of drug-likeness (QED) is 0.714. The van der Waals surface area contributed by atoms with Crippen molar-refractivity contribution in [1.29, 1.82) is 0 Å². The number of hydrogen-bond donors (Lipinski definition) is 1. The van der Waals surface area contributed by atoms with E-state index < -0.39 is 0 Å². The molecule has 0 bridgehead atoms. The largest absolute Gasteiger partial charge is 0.341 e. The molecule has 20 heavy (non-hydrogen) atoms. The Bertz CT molecular complexity index is 342. The van der Waals surface area contributed by atoms with E-state index in [1.54, 1.807) is 0 Å². The van der Waals surface area contributed by atoms with Crippen molar-refractivity contribution in [2.75, 3.05) is 18.0 Å². The molecule has 0 spiro atoms.